The van der Waals surface area contributed by atoms with Gasteiger partial charge in [-0.2, -0.15) is 0 Å². The standard InChI is InChI=1S/C14H8BrF2NO3/c15-8-4-7(14(20)21)5-9(6-8)18-13(19)12-10(16)2-1-3-11(12)17/h1-6H,(H,18,19)(H,20,21). The van der Waals surface area contributed by atoms with Gasteiger partial charge in [0.2, 0.25) is 0 Å². The Hall–Kier alpha value is -2.28. The molecule has 108 valence electrons. The van der Waals surface area contributed by atoms with Gasteiger partial charge in [-0.1, -0.05) is 22.0 Å². The SMILES string of the molecule is O=C(O)c1cc(Br)cc(NC(=O)c2c(F)cccc2F)c1. The molecule has 0 saturated heterocycles. The van der Waals surface area contributed by atoms with E-state index in [-0.39, 0.29) is 11.3 Å². The zero-order chi connectivity index (χ0) is 15.6. The lowest BCUT2D eigenvalue weighted by atomic mass is 10.1. The highest BCUT2D eigenvalue weighted by Gasteiger charge is 2.17. The third-order valence-electron chi connectivity index (χ3n) is 2.59. The first-order valence-corrected chi connectivity index (χ1v) is 6.47. The van der Waals surface area contributed by atoms with Crippen LogP contribution < -0.4 is 5.32 Å². The number of hydrogen-bond acceptors (Lipinski definition) is 2. The monoisotopic (exact) mass is 355 g/mol. The minimum atomic E-state index is -1.19. The Bertz CT molecular complexity index is 714. The van der Waals surface area contributed by atoms with Gasteiger partial charge in [0.25, 0.3) is 5.91 Å². The van der Waals surface area contributed by atoms with E-state index in [2.05, 4.69) is 21.2 Å². The average Bonchev–Trinajstić information content (AvgIpc) is 2.37. The molecule has 2 aromatic carbocycles. The molecule has 0 unspecified atom stereocenters. The van der Waals surface area contributed by atoms with Gasteiger partial charge in [0.15, 0.2) is 0 Å². The number of carboxylic acids is 1. The molecule has 7 heteroatoms. The second-order valence-corrected chi connectivity index (χ2v) is 5.00. The molecule has 0 aliphatic carbocycles. The Morgan fingerprint density at radius 3 is 2.29 bits per heavy atom. The lowest BCUT2D eigenvalue weighted by molar-refractivity contribution is 0.0696. The zero-order valence-corrected chi connectivity index (χ0v) is 11.9. The number of anilines is 1. The van der Waals surface area contributed by atoms with Crippen LogP contribution in [0.25, 0.3) is 0 Å². The lowest BCUT2D eigenvalue weighted by Gasteiger charge is -2.08. The van der Waals surface area contributed by atoms with Gasteiger partial charge in [0.05, 0.1) is 5.56 Å². The molecule has 0 radical (unpaired) electrons. The van der Waals surface area contributed by atoms with E-state index in [1.54, 1.807) is 0 Å². The second kappa shape index (κ2) is 6.01. The number of aromatic carboxylic acids is 1. The summed E-state index contributed by atoms with van der Waals surface area (Å²) in [6.07, 6.45) is 0. The second-order valence-electron chi connectivity index (χ2n) is 4.08. The fourth-order valence-electron chi connectivity index (χ4n) is 1.69. The van der Waals surface area contributed by atoms with Crippen LogP contribution in [0.15, 0.2) is 40.9 Å². The Balaban J connectivity index is 2.34. The maximum Gasteiger partial charge on any atom is 0.335 e. The lowest BCUT2D eigenvalue weighted by Crippen LogP contribution is -2.16. The van der Waals surface area contributed by atoms with Crippen molar-refractivity contribution in [2.75, 3.05) is 5.32 Å². The maximum atomic E-state index is 13.5. The van der Waals surface area contributed by atoms with Gasteiger partial charge in [0.1, 0.15) is 17.2 Å². The van der Waals surface area contributed by atoms with Crippen molar-refractivity contribution >= 4 is 33.5 Å². The molecule has 0 fully saturated rings. The number of benzene rings is 2. The first kappa shape index (κ1) is 15.1. The number of rotatable bonds is 3. The van der Waals surface area contributed by atoms with Crippen molar-refractivity contribution in [3.63, 3.8) is 0 Å². The third-order valence-corrected chi connectivity index (χ3v) is 3.05. The molecule has 0 aliphatic heterocycles. The molecule has 2 aromatic rings. The first-order valence-electron chi connectivity index (χ1n) is 5.67. The number of hydrogen-bond donors (Lipinski definition) is 2. The van der Waals surface area contributed by atoms with Crippen LogP contribution in [0.1, 0.15) is 20.7 Å². The van der Waals surface area contributed by atoms with E-state index >= 15 is 0 Å². The fourth-order valence-corrected chi connectivity index (χ4v) is 2.19. The van der Waals surface area contributed by atoms with E-state index < -0.39 is 29.1 Å². The van der Waals surface area contributed by atoms with E-state index in [0.29, 0.717) is 4.47 Å². The summed E-state index contributed by atoms with van der Waals surface area (Å²) in [5.41, 5.74) is -0.697. The minimum absolute atomic E-state index is 0.0753. The molecule has 0 heterocycles. The number of amides is 1. The van der Waals surface area contributed by atoms with Crippen molar-refractivity contribution in [1.82, 2.24) is 0 Å². The molecule has 0 saturated carbocycles. The molecule has 0 aromatic heterocycles. The van der Waals surface area contributed by atoms with Crippen molar-refractivity contribution in [1.29, 1.82) is 0 Å². The summed E-state index contributed by atoms with van der Waals surface area (Å²) in [5, 5.41) is 11.2. The predicted octanol–water partition coefficient (Wildman–Crippen LogP) is 3.68. The van der Waals surface area contributed by atoms with E-state index in [4.69, 9.17) is 5.11 Å². The molecular weight excluding hydrogens is 348 g/mol. The molecule has 21 heavy (non-hydrogen) atoms. The van der Waals surface area contributed by atoms with Gasteiger partial charge in [0, 0.05) is 10.2 Å². The van der Waals surface area contributed by atoms with Crippen LogP contribution in [0, 0.1) is 11.6 Å². The Morgan fingerprint density at radius 2 is 1.71 bits per heavy atom. The Labute approximate surface area is 126 Å². The molecule has 0 bridgehead atoms. The van der Waals surface area contributed by atoms with Crippen LogP contribution in [0.5, 0.6) is 0 Å². The van der Waals surface area contributed by atoms with Gasteiger partial charge in [-0.05, 0) is 30.3 Å². The number of carbonyl (C=O) groups is 2. The van der Waals surface area contributed by atoms with Crippen LogP contribution in [0.2, 0.25) is 0 Å². The fraction of sp³-hybridized carbons (Fsp3) is 0. The van der Waals surface area contributed by atoms with Crippen molar-refractivity contribution in [3.05, 3.63) is 63.6 Å². The number of halogens is 3. The zero-order valence-electron chi connectivity index (χ0n) is 10.4. The van der Waals surface area contributed by atoms with E-state index in [1.807, 2.05) is 0 Å². The molecule has 0 atom stereocenters. The molecule has 0 aliphatic rings. The Morgan fingerprint density at radius 1 is 1.10 bits per heavy atom. The van der Waals surface area contributed by atoms with E-state index in [0.717, 1.165) is 18.2 Å². The summed E-state index contributed by atoms with van der Waals surface area (Å²) in [4.78, 5) is 22.8. The summed E-state index contributed by atoms with van der Waals surface area (Å²) in [5.74, 6) is -4.19. The molecular formula is C14H8BrF2NO3. The molecule has 0 spiro atoms. The van der Waals surface area contributed by atoms with Gasteiger partial charge < -0.3 is 10.4 Å². The summed E-state index contributed by atoms with van der Waals surface area (Å²) >= 11 is 3.09. The number of carboxylic acid groups (broad SMARTS) is 1. The summed E-state index contributed by atoms with van der Waals surface area (Å²) in [6.45, 7) is 0. The number of carbonyl (C=O) groups excluding carboxylic acids is 1. The largest absolute Gasteiger partial charge is 0.478 e. The van der Waals surface area contributed by atoms with Gasteiger partial charge in [-0.25, -0.2) is 13.6 Å². The summed E-state index contributed by atoms with van der Waals surface area (Å²) < 4.78 is 27.4. The Kier molecular flexibility index (Phi) is 4.32. The highest BCUT2D eigenvalue weighted by molar-refractivity contribution is 9.10. The summed E-state index contributed by atoms with van der Waals surface area (Å²) in [7, 11) is 0. The molecule has 2 rings (SSSR count). The normalized spacial score (nSPS) is 10.2. The quantitative estimate of drug-likeness (QED) is 0.882. The van der Waals surface area contributed by atoms with Gasteiger partial charge in [-0.15, -0.1) is 0 Å². The third kappa shape index (κ3) is 3.43. The van der Waals surface area contributed by atoms with Crippen molar-refractivity contribution in [2.45, 2.75) is 0 Å². The number of nitrogens with one attached hydrogen (secondary N) is 1. The molecule has 1 amide bonds. The highest BCUT2D eigenvalue weighted by Crippen LogP contribution is 2.21. The average molecular weight is 356 g/mol. The smallest absolute Gasteiger partial charge is 0.335 e. The van der Waals surface area contributed by atoms with Crippen molar-refractivity contribution in [2.24, 2.45) is 0 Å². The van der Waals surface area contributed by atoms with Gasteiger partial charge >= 0.3 is 5.97 Å². The van der Waals surface area contributed by atoms with Crippen molar-refractivity contribution in [3.8, 4) is 0 Å². The minimum Gasteiger partial charge on any atom is -0.478 e. The highest BCUT2D eigenvalue weighted by atomic mass is 79.9. The van der Waals surface area contributed by atoms with Crippen LogP contribution in [0.4, 0.5) is 14.5 Å². The van der Waals surface area contributed by atoms with E-state index in [9.17, 15) is 18.4 Å². The van der Waals surface area contributed by atoms with Crippen LogP contribution in [0.3, 0.4) is 0 Å². The maximum absolute atomic E-state index is 13.5. The molecule has 4 nitrogen and oxygen atoms in total. The van der Waals surface area contributed by atoms with Crippen LogP contribution in [-0.4, -0.2) is 17.0 Å². The summed E-state index contributed by atoms with van der Waals surface area (Å²) in [6, 6.07) is 7.00. The first-order chi connectivity index (χ1) is 9.88. The van der Waals surface area contributed by atoms with Crippen molar-refractivity contribution < 1.29 is 23.5 Å². The molecule has 2 N–H and O–H groups in total. The predicted molar refractivity (Wildman–Crippen MR) is 75.4 cm³/mol. The topological polar surface area (TPSA) is 66.4 Å². The van der Waals surface area contributed by atoms with Crippen LogP contribution >= 0.6 is 15.9 Å². The van der Waals surface area contributed by atoms with Gasteiger partial charge in [-0.3, -0.25) is 4.79 Å². The van der Waals surface area contributed by atoms with Crippen LogP contribution in [-0.2, 0) is 0 Å². The van der Waals surface area contributed by atoms with E-state index in [1.165, 1.54) is 18.2 Å².